The van der Waals surface area contributed by atoms with Crippen LogP contribution in [0.2, 0.25) is 0 Å². The van der Waals surface area contributed by atoms with E-state index in [1.165, 1.54) is 0 Å². The van der Waals surface area contributed by atoms with Crippen LogP contribution in [-0.4, -0.2) is 39.5 Å². The molecule has 0 aromatic heterocycles. The van der Waals surface area contributed by atoms with Gasteiger partial charge < -0.3 is 19.9 Å². The second-order valence-corrected chi connectivity index (χ2v) is 3.58. The first kappa shape index (κ1) is 12.8. The summed E-state index contributed by atoms with van der Waals surface area (Å²) >= 11 is 0. The van der Waals surface area contributed by atoms with Gasteiger partial charge in [-0.3, -0.25) is 0 Å². The highest BCUT2D eigenvalue weighted by molar-refractivity contribution is 5.40. The van der Waals surface area contributed by atoms with Crippen LogP contribution in [0, 0.1) is 0 Å². The van der Waals surface area contributed by atoms with E-state index in [4.69, 9.17) is 9.47 Å². The summed E-state index contributed by atoms with van der Waals surface area (Å²) in [5, 5.41) is 12.4. The van der Waals surface area contributed by atoms with Gasteiger partial charge in [-0.15, -0.1) is 0 Å². The summed E-state index contributed by atoms with van der Waals surface area (Å²) in [6.07, 6.45) is 0. The van der Waals surface area contributed by atoms with Crippen LogP contribution >= 0.6 is 0 Å². The number of ether oxygens (including phenoxy) is 2. The summed E-state index contributed by atoms with van der Waals surface area (Å²) in [6, 6.07) is 5.65. The first-order valence-electron chi connectivity index (χ1n) is 5.23. The molecule has 1 aromatic rings. The van der Waals surface area contributed by atoms with Gasteiger partial charge in [-0.05, 0) is 24.7 Å². The molecule has 0 saturated heterocycles. The number of likely N-dealkylation sites (N-methyl/N-ethyl adjacent to an activating group) is 1. The third-order valence-electron chi connectivity index (χ3n) is 2.52. The number of hydrogen-bond donors (Lipinski definition) is 2. The molecule has 0 amide bonds. The highest BCUT2D eigenvalue weighted by Gasteiger charge is 2.12. The Bertz CT molecular complexity index is 306. The van der Waals surface area contributed by atoms with Crippen molar-refractivity contribution in [1.29, 1.82) is 0 Å². The van der Waals surface area contributed by atoms with Gasteiger partial charge in [0.2, 0.25) is 0 Å². The Balaban J connectivity index is 3.00. The van der Waals surface area contributed by atoms with E-state index >= 15 is 0 Å². The van der Waals surface area contributed by atoms with Gasteiger partial charge >= 0.3 is 0 Å². The van der Waals surface area contributed by atoms with Crippen molar-refractivity contribution in [3.63, 3.8) is 0 Å². The maximum Gasteiger partial charge on any atom is 0.122 e. The minimum atomic E-state index is 0.0500. The van der Waals surface area contributed by atoms with Crippen molar-refractivity contribution in [2.75, 3.05) is 34.4 Å². The zero-order valence-electron chi connectivity index (χ0n) is 9.99. The number of aliphatic hydroxyl groups excluding tert-OH is 1. The van der Waals surface area contributed by atoms with Crippen LogP contribution in [0.4, 0.5) is 0 Å². The Morgan fingerprint density at radius 2 is 1.75 bits per heavy atom. The third-order valence-corrected chi connectivity index (χ3v) is 2.52. The summed E-state index contributed by atoms with van der Waals surface area (Å²) in [6.45, 7) is 0.810. The molecule has 4 heteroatoms. The van der Waals surface area contributed by atoms with Gasteiger partial charge in [-0.2, -0.15) is 0 Å². The van der Waals surface area contributed by atoms with Crippen molar-refractivity contribution in [2.24, 2.45) is 0 Å². The standard InChI is InChI=1S/C12H19NO3/c1-13-7-10(8-14)9-4-11(15-2)6-12(5-9)16-3/h4-6,10,13-14H,7-8H2,1-3H3. The van der Waals surface area contributed by atoms with Crippen LogP contribution in [0.15, 0.2) is 18.2 Å². The van der Waals surface area contributed by atoms with Gasteiger partial charge in [0.25, 0.3) is 0 Å². The van der Waals surface area contributed by atoms with Crippen molar-refractivity contribution in [3.05, 3.63) is 23.8 Å². The largest absolute Gasteiger partial charge is 0.497 e. The maximum atomic E-state index is 9.32. The predicted octanol–water partition coefficient (Wildman–Crippen LogP) is 0.999. The van der Waals surface area contributed by atoms with E-state index in [2.05, 4.69) is 5.32 Å². The highest BCUT2D eigenvalue weighted by atomic mass is 16.5. The smallest absolute Gasteiger partial charge is 0.122 e. The third kappa shape index (κ3) is 3.12. The van der Waals surface area contributed by atoms with Gasteiger partial charge in [0.15, 0.2) is 0 Å². The molecule has 0 fully saturated rings. The molecular weight excluding hydrogens is 206 g/mol. The molecule has 0 bridgehead atoms. The van der Waals surface area contributed by atoms with Crippen molar-refractivity contribution in [1.82, 2.24) is 5.32 Å². The van der Waals surface area contributed by atoms with Crippen LogP contribution in [0.3, 0.4) is 0 Å². The molecule has 0 aliphatic heterocycles. The number of aliphatic hydroxyl groups is 1. The second-order valence-electron chi connectivity index (χ2n) is 3.58. The van der Waals surface area contributed by atoms with E-state index in [1.54, 1.807) is 14.2 Å². The molecule has 16 heavy (non-hydrogen) atoms. The molecule has 1 aromatic carbocycles. The Morgan fingerprint density at radius 1 is 1.19 bits per heavy atom. The molecule has 90 valence electrons. The lowest BCUT2D eigenvalue weighted by atomic mass is 9.99. The number of rotatable bonds is 6. The first-order valence-corrected chi connectivity index (χ1v) is 5.23. The number of hydrogen-bond acceptors (Lipinski definition) is 4. The normalized spacial score (nSPS) is 12.2. The van der Waals surface area contributed by atoms with Crippen LogP contribution < -0.4 is 14.8 Å². The zero-order valence-corrected chi connectivity index (χ0v) is 9.99. The number of methoxy groups -OCH3 is 2. The monoisotopic (exact) mass is 225 g/mol. The van der Waals surface area contributed by atoms with Crippen LogP contribution in [0.5, 0.6) is 11.5 Å². The molecule has 1 unspecified atom stereocenters. The summed E-state index contributed by atoms with van der Waals surface area (Å²) in [7, 11) is 5.09. The van der Waals surface area contributed by atoms with Gasteiger partial charge in [0, 0.05) is 18.5 Å². The molecule has 0 aliphatic carbocycles. The first-order chi connectivity index (χ1) is 7.74. The second kappa shape index (κ2) is 6.35. The minimum absolute atomic E-state index is 0.0500. The summed E-state index contributed by atoms with van der Waals surface area (Å²) in [5.41, 5.74) is 1.01. The molecule has 0 spiro atoms. The minimum Gasteiger partial charge on any atom is -0.497 e. The molecule has 4 nitrogen and oxygen atoms in total. The molecule has 0 heterocycles. The van der Waals surface area contributed by atoms with E-state index in [1.807, 2.05) is 25.2 Å². The summed E-state index contributed by atoms with van der Waals surface area (Å²) in [5.74, 6) is 1.53. The molecule has 0 radical (unpaired) electrons. The quantitative estimate of drug-likeness (QED) is 0.758. The van der Waals surface area contributed by atoms with E-state index < -0.39 is 0 Å². The zero-order chi connectivity index (χ0) is 12.0. The topological polar surface area (TPSA) is 50.7 Å². The van der Waals surface area contributed by atoms with Gasteiger partial charge in [0.05, 0.1) is 20.8 Å². The molecule has 0 aliphatic rings. The Kier molecular flexibility index (Phi) is 5.08. The lowest BCUT2D eigenvalue weighted by Crippen LogP contribution is -2.20. The molecule has 1 rings (SSSR count). The fourth-order valence-electron chi connectivity index (χ4n) is 1.60. The molecule has 1 atom stereocenters. The van der Waals surface area contributed by atoms with Gasteiger partial charge in [0.1, 0.15) is 11.5 Å². The van der Waals surface area contributed by atoms with E-state index in [-0.39, 0.29) is 12.5 Å². The fourth-order valence-corrected chi connectivity index (χ4v) is 1.60. The van der Waals surface area contributed by atoms with E-state index in [0.717, 1.165) is 17.1 Å². The molecular formula is C12H19NO3. The van der Waals surface area contributed by atoms with Crippen molar-refractivity contribution >= 4 is 0 Å². The Labute approximate surface area is 96.2 Å². The average Bonchev–Trinajstić information content (AvgIpc) is 2.35. The summed E-state index contributed by atoms with van der Waals surface area (Å²) < 4.78 is 10.4. The average molecular weight is 225 g/mol. The Hall–Kier alpha value is -1.26. The van der Waals surface area contributed by atoms with Crippen LogP contribution in [0.1, 0.15) is 11.5 Å². The SMILES string of the molecule is CNCC(CO)c1cc(OC)cc(OC)c1. The van der Waals surface area contributed by atoms with E-state index in [0.29, 0.717) is 6.54 Å². The van der Waals surface area contributed by atoms with Crippen LogP contribution in [0.25, 0.3) is 0 Å². The maximum absolute atomic E-state index is 9.32. The van der Waals surface area contributed by atoms with Gasteiger partial charge in [-0.25, -0.2) is 0 Å². The molecule has 0 saturated carbocycles. The van der Waals surface area contributed by atoms with Crippen molar-refractivity contribution in [2.45, 2.75) is 5.92 Å². The van der Waals surface area contributed by atoms with Crippen molar-refractivity contribution < 1.29 is 14.6 Å². The summed E-state index contributed by atoms with van der Waals surface area (Å²) in [4.78, 5) is 0. The lowest BCUT2D eigenvalue weighted by Gasteiger charge is -2.16. The van der Waals surface area contributed by atoms with Crippen molar-refractivity contribution in [3.8, 4) is 11.5 Å². The fraction of sp³-hybridized carbons (Fsp3) is 0.500. The number of nitrogens with one attached hydrogen (secondary N) is 1. The number of benzene rings is 1. The lowest BCUT2D eigenvalue weighted by molar-refractivity contribution is 0.262. The van der Waals surface area contributed by atoms with E-state index in [9.17, 15) is 5.11 Å². The predicted molar refractivity (Wildman–Crippen MR) is 63.3 cm³/mol. The van der Waals surface area contributed by atoms with Crippen LogP contribution in [-0.2, 0) is 0 Å². The van der Waals surface area contributed by atoms with Gasteiger partial charge in [-0.1, -0.05) is 0 Å². The molecule has 2 N–H and O–H groups in total. The highest BCUT2D eigenvalue weighted by Crippen LogP contribution is 2.27. The Morgan fingerprint density at radius 3 is 2.12 bits per heavy atom.